The predicted octanol–water partition coefficient (Wildman–Crippen LogP) is 1.54. The molecule has 0 amide bonds. The number of likely N-dealkylation sites (tertiary alicyclic amines) is 1. The van der Waals surface area contributed by atoms with E-state index in [0.29, 0.717) is 36.2 Å². The summed E-state index contributed by atoms with van der Waals surface area (Å²) >= 11 is 0. The Bertz CT molecular complexity index is 1270. The summed E-state index contributed by atoms with van der Waals surface area (Å²) in [6, 6.07) is 7.84. The molecule has 1 aromatic carbocycles. The smallest absolute Gasteiger partial charge is 0.339 e. The van der Waals surface area contributed by atoms with Crippen molar-refractivity contribution in [3.8, 4) is 0 Å². The number of rotatable bonds is 7. The normalized spacial score (nSPS) is 29.0. The molecule has 1 N–H and O–H groups in total. The molecule has 1 spiro atoms. The van der Waals surface area contributed by atoms with Gasteiger partial charge in [-0.25, -0.2) is 27.9 Å². The van der Waals surface area contributed by atoms with Crippen LogP contribution in [0, 0.1) is 11.2 Å². The number of halogens is 1. The van der Waals surface area contributed by atoms with Crippen LogP contribution in [0.25, 0.3) is 5.78 Å². The van der Waals surface area contributed by atoms with E-state index in [2.05, 4.69) is 14.9 Å². The third kappa shape index (κ3) is 2.90. The van der Waals surface area contributed by atoms with Gasteiger partial charge in [0.1, 0.15) is 5.82 Å². The molecule has 31 heavy (non-hydrogen) atoms. The summed E-state index contributed by atoms with van der Waals surface area (Å²) in [5.74, 6) is 0.0517. The molecule has 4 atom stereocenters. The summed E-state index contributed by atoms with van der Waals surface area (Å²) in [4.78, 5) is 33.8. The van der Waals surface area contributed by atoms with E-state index in [0.717, 1.165) is 25.8 Å². The molecule has 4 unspecified atom stereocenters. The third-order valence-corrected chi connectivity index (χ3v) is 7.41. The van der Waals surface area contributed by atoms with Crippen LogP contribution in [0.5, 0.6) is 0 Å². The second-order valence-electron chi connectivity index (χ2n) is 9.01. The van der Waals surface area contributed by atoms with E-state index < -0.39 is 5.69 Å². The molecule has 3 fully saturated rings. The predicted molar refractivity (Wildman–Crippen MR) is 110 cm³/mol. The molecular weight excluding hydrogens is 401 g/mol. The quantitative estimate of drug-likeness (QED) is 0.621. The monoisotopic (exact) mass is 425 g/mol. The fraction of sp³-hybridized carbons (Fsp3) is 0.500. The van der Waals surface area contributed by atoms with Crippen LogP contribution in [0.2, 0.25) is 0 Å². The highest BCUT2D eigenvalue weighted by Crippen LogP contribution is 2.70. The summed E-state index contributed by atoms with van der Waals surface area (Å²) in [5, 5.41) is 0. The lowest BCUT2D eigenvalue weighted by Gasteiger charge is -2.43. The second kappa shape index (κ2) is 6.86. The lowest BCUT2D eigenvalue weighted by Crippen LogP contribution is -2.53. The molecule has 1 aliphatic heterocycles. The van der Waals surface area contributed by atoms with Crippen LogP contribution in [-0.2, 0) is 17.9 Å². The maximum absolute atomic E-state index is 13.8. The number of aromatic nitrogens is 4. The third-order valence-electron chi connectivity index (χ3n) is 7.41. The highest BCUT2D eigenvalue weighted by atomic mass is 19.1. The molecule has 8 nitrogen and oxygen atoms in total. The van der Waals surface area contributed by atoms with E-state index in [9.17, 15) is 14.0 Å². The minimum atomic E-state index is -0.421. The van der Waals surface area contributed by atoms with Crippen LogP contribution in [0.15, 0.2) is 46.2 Å². The van der Waals surface area contributed by atoms with Gasteiger partial charge in [0.15, 0.2) is 0 Å². The van der Waals surface area contributed by atoms with Crippen molar-refractivity contribution >= 4 is 5.78 Å². The minimum Gasteiger partial charge on any atom is -0.373 e. The van der Waals surface area contributed by atoms with Gasteiger partial charge in [-0.1, -0.05) is 18.2 Å². The first-order chi connectivity index (χ1) is 15.1. The van der Waals surface area contributed by atoms with Crippen LogP contribution in [0.4, 0.5) is 4.39 Å². The van der Waals surface area contributed by atoms with Crippen molar-refractivity contribution in [1.82, 2.24) is 23.8 Å². The summed E-state index contributed by atoms with van der Waals surface area (Å²) in [5.41, 5.74) is 0.205. The van der Waals surface area contributed by atoms with E-state index in [-0.39, 0.29) is 23.4 Å². The Labute approximate surface area is 177 Å². The van der Waals surface area contributed by atoms with Crippen molar-refractivity contribution in [2.24, 2.45) is 5.41 Å². The number of hydrogen-bond acceptors (Lipinski definition) is 5. The minimum absolute atomic E-state index is 0.161. The van der Waals surface area contributed by atoms with Gasteiger partial charge in [0.2, 0.25) is 5.78 Å². The highest BCUT2D eigenvalue weighted by Gasteiger charge is 2.75. The van der Waals surface area contributed by atoms with E-state index in [1.54, 1.807) is 18.3 Å². The number of fused-ring (bicyclic) bond motifs is 1. The average Bonchev–Trinajstić information content (AvgIpc) is 3.02. The zero-order valence-electron chi connectivity index (χ0n) is 17.0. The van der Waals surface area contributed by atoms with Crippen LogP contribution < -0.4 is 11.4 Å². The van der Waals surface area contributed by atoms with E-state index >= 15 is 0 Å². The number of nitrogens with one attached hydrogen (secondary N) is 1. The first-order valence-corrected chi connectivity index (χ1v) is 10.8. The summed E-state index contributed by atoms with van der Waals surface area (Å²) in [6.07, 6.45) is 7.14. The van der Waals surface area contributed by atoms with Crippen molar-refractivity contribution in [3.63, 3.8) is 0 Å². The molecule has 3 aliphatic rings. The van der Waals surface area contributed by atoms with Crippen LogP contribution in [-0.4, -0.2) is 48.6 Å². The van der Waals surface area contributed by atoms with Gasteiger partial charge in [0.05, 0.1) is 12.7 Å². The molecule has 162 valence electrons. The number of H-pyrrole nitrogens is 1. The standard InChI is InChI=1S/C22H24FN5O3/c23-16-5-2-1-4-14(16)13-31-15-10-17-22(11-15)12-18(22)26(17)7-3-8-28-20(29)25-19-24-6-9-27(19)21(28)30/h1-2,4-6,9,15,17-18H,3,7-8,10-13H2,(H,24,25,29). The lowest BCUT2D eigenvalue weighted by molar-refractivity contribution is 0.0307. The number of benzene rings is 1. The van der Waals surface area contributed by atoms with Crippen molar-refractivity contribution < 1.29 is 9.13 Å². The number of aromatic amines is 1. The van der Waals surface area contributed by atoms with Crippen molar-refractivity contribution in [1.29, 1.82) is 0 Å². The van der Waals surface area contributed by atoms with Gasteiger partial charge in [-0.2, -0.15) is 0 Å². The van der Waals surface area contributed by atoms with Crippen molar-refractivity contribution in [3.05, 3.63) is 69.0 Å². The first kappa shape index (κ1) is 18.9. The zero-order chi connectivity index (χ0) is 21.2. The molecule has 0 radical (unpaired) electrons. The number of ether oxygens (including phenoxy) is 1. The topological polar surface area (TPSA) is 84.6 Å². The van der Waals surface area contributed by atoms with Gasteiger partial charge in [0.25, 0.3) is 0 Å². The van der Waals surface area contributed by atoms with Gasteiger partial charge in [-0.05, 0) is 31.7 Å². The highest BCUT2D eigenvalue weighted by molar-refractivity contribution is 5.29. The van der Waals surface area contributed by atoms with Crippen LogP contribution >= 0.6 is 0 Å². The molecule has 3 aromatic rings. The van der Waals surface area contributed by atoms with Crippen molar-refractivity contribution in [2.75, 3.05) is 6.54 Å². The summed E-state index contributed by atoms with van der Waals surface area (Å²) < 4.78 is 22.5. The van der Waals surface area contributed by atoms with Gasteiger partial charge < -0.3 is 4.74 Å². The Balaban J connectivity index is 1.06. The molecule has 3 heterocycles. The molecule has 1 saturated heterocycles. The van der Waals surface area contributed by atoms with Crippen molar-refractivity contribution in [2.45, 2.75) is 57.0 Å². The number of hydrogen-bond donors (Lipinski definition) is 1. The number of imidazole rings is 1. The Morgan fingerprint density at radius 2 is 2.06 bits per heavy atom. The molecule has 2 aromatic heterocycles. The van der Waals surface area contributed by atoms with Crippen LogP contribution in [0.1, 0.15) is 31.2 Å². The lowest BCUT2D eigenvalue weighted by atomic mass is 9.90. The fourth-order valence-electron chi connectivity index (χ4n) is 5.85. The number of nitrogens with zero attached hydrogens (tertiary/aromatic N) is 4. The molecule has 2 saturated carbocycles. The molecule has 2 aliphatic carbocycles. The maximum atomic E-state index is 13.8. The van der Waals surface area contributed by atoms with E-state index in [1.165, 1.54) is 27.7 Å². The molecular formula is C22H24FN5O3. The SMILES string of the molecule is O=c1[nH]c2nccn2c(=O)n1CCCN1C2CC(OCc3ccccc3F)CC23CC13. The zero-order valence-corrected chi connectivity index (χ0v) is 17.0. The fourth-order valence-corrected chi connectivity index (χ4v) is 5.85. The molecule has 6 rings (SSSR count). The average molecular weight is 425 g/mol. The summed E-state index contributed by atoms with van der Waals surface area (Å²) in [6.45, 7) is 1.54. The Morgan fingerprint density at radius 1 is 1.19 bits per heavy atom. The molecule has 0 bridgehead atoms. The Kier molecular flexibility index (Phi) is 4.19. The van der Waals surface area contributed by atoms with Crippen LogP contribution in [0.3, 0.4) is 0 Å². The Morgan fingerprint density at radius 3 is 2.94 bits per heavy atom. The van der Waals surface area contributed by atoms with Gasteiger partial charge in [-0.15, -0.1) is 0 Å². The van der Waals surface area contributed by atoms with E-state index in [4.69, 9.17) is 4.74 Å². The van der Waals surface area contributed by atoms with Gasteiger partial charge >= 0.3 is 11.4 Å². The maximum Gasteiger partial charge on any atom is 0.339 e. The first-order valence-electron chi connectivity index (χ1n) is 10.8. The molecule has 9 heteroatoms. The van der Waals surface area contributed by atoms with Gasteiger partial charge in [0, 0.05) is 48.5 Å². The largest absolute Gasteiger partial charge is 0.373 e. The van der Waals surface area contributed by atoms with Gasteiger partial charge in [-0.3, -0.25) is 9.88 Å². The summed E-state index contributed by atoms with van der Waals surface area (Å²) in [7, 11) is 0. The second-order valence-corrected chi connectivity index (χ2v) is 9.01. The van der Waals surface area contributed by atoms with E-state index in [1.807, 2.05) is 6.07 Å². The Hall–Kier alpha value is -2.78.